The summed E-state index contributed by atoms with van der Waals surface area (Å²) in [7, 11) is -3.49. The molecule has 0 fully saturated rings. The first-order valence-corrected chi connectivity index (χ1v) is 13.6. The van der Waals surface area contributed by atoms with Crippen LogP contribution in [0.15, 0.2) is 36.4 Å². The fourth-order valence-corrected chi connectivity index (χ4v) is 5.54. The molecule has 2 aromatic carbocycles. The molecule has 32 heavy (non-hydrogen) atoms. The second kappa shape index (κ2) is 10.7. The quantitative estimate of drug-likeness (QED) is 0.531. The van der Waals surface area contributed by atoms with Gasteiger partial charge in [0.1, 0.15) is 0 Å². The smallest absolute Gasteiger partial charge is 0.232 e. The molecule has 5 nitrogen and oxygen atoms in total. The number of anilines is 1. The van der Waals surface area contributed by atoms with E-state index in [-0.39, 0.29) is 24.9 Å². The van der Waals surface area contributed by atoms with Crippen LogP contribution in [0, 0.1) is 6.92 Å². The Morgan fingerprint density at radius 2 is 1.84 bits per heavy atom. The zero-order valence-corrected chi connectivity index (χ0v) is 20.7. The predicted molar refractivity (Wildman–Crippen MR) is 132 cm³/mol. The molecule has 1 aliphatic carbocycles. The maximum Gasteiger partial charge on any atom is 0.232 e. The van der Waals surface area contributed by atoms with Crippen LogP contribution in [0.25, 0.3) is 0 Å². The molecule has 174 valence electrons. The van der Waals surface area contributed by atoms with Crippen LogP contribution in [0.2, 0.25) is 5.02 Å². The number of carbonyl (C=O) groups excluding carboxylic acids is 1. The molecule has 0 aromatic heterocycles. The Kier molecular flexibility index (Phi) is 8.23. The number of aryl methyl sites for hydroxylation is 3. The molecular formula is C25H33ClN2O3S. The molecule has 3 rings (SSSR count). The topological polar surface area (TPSA) is 66.5 Å². The summed E-state index contributed by atoms with van der Waals surface area (Å²) in [6.07, 6.45) is 7.39. The maximum absolute atomic E-state index is 12.7. The van der Waals surface area contributed by atoms with Crippen molar-refractivity contribution < 1.29 is 13.2 Å². The van der Waals surface area contributed by atoms with Crippen LogP contribution in [0.1, 0.15) is 67.3 Å². The molecule has 0 unspecified atom stereocenters. The van der Waals surface area contributed by atoms with Gasteiger partial charge in [-0.2, -0.15) is 0 Å². The van der Waals surface area contributed by atoms with Crippen molar-refractivity contribution in [1.82, 2.24) is 5.32 Å². The Bertz CT molecular complexity index is 1070. The minimum Gasteiger partial charge on any atom is -0.349 e. The Morgan fingerprint density at radius 1 is 1.12 bits per heavy atom. The van der Waals surface area contributed by atoms with E-state index in [1.807, 2.05) is 6.92 Å². The molecule has 0 spiro atoms. The average molecular weight is 477 g/mol. The number of amides is 1. The summed E-state index contributed by atoms with van der Waals surface area (Å²) in [5.74, 6) is -0.0640. The zero-order chi connectivity index (χ0) is 23.3. The number of fused-ring (bicyclic) bond motifs is 1. The highest BCUT2D eigenvalue weighted by molar-refractivity contribution is 7.92. The molecule has 0 aliphatic heterocycles. The van der Waals surface area contributed by atoms with Gasteiger partial charge in [-0.3, -0.25) is 9.10 Å². The molecule has 0 heterocycles. The van der Waals surface area contributed by atoms with Crippen molar-refractivity contribution in [3.8, 4) is 0 Å². The molecule has 1 atom stereocenters. The lowest BCUT2D eigenvalue weighted by atomic mass is 9.89. The summed E-state index contributed by atoms with van der Waals surface area (Å²) < 4.78 is 26.1. The molecule has 0 saturated heterocycles. The van der Waals surface area contributed by atoms with Gasteiger partial charge in [-0.1, -0.05) is 42.8 Å². The van der Waals surface area contributed by atoms with E-state index in [9.17, 15) is 13.2 Å². The Morgan fingerprint density at radius 3 is 2.53 bits per heavy atom. The second-order valence-electron chi connectivity index (χ2n) is 8.63. The van der Waals surface area contributed by atoms with Gasteiger partial charge < -0.3 is 5.32 Å². The number of rotatable bonds is 9. The van der Waals surface area contributed by atoms with Crippen molar-refractivity contribution in [3.05, 3.63) is 63.7 Å². The van der Waals surface area contributed by atoms with Gasteiger partial charge in [0, 0.05) is 18.0 Å². The molecule has 1 amide bonds. The van der Waals surface area contributed by atoms with Crippen LogP contribution in [0.3, 0.4) is 0 Å². The zero-order valence-electron chi connectivity index (χ0n) is 19.2. The summed E-state index contributed by atoms with van der Waals surface area (Å²) in [5.41, 5.74) is 5.36. The van der Waals surface area contributed by atoms with E-state index < -0.39 is 10.0 Å². The minimum absolute atomic E-state index is 0.0316. The highest BCUT2D eigenvalue weighted by Gasteiger charge is 2.21. The normalized spacial score (nSPS) is 14.5. The van der Waals surface area contributed by atoms with Gasteiger partial charge >= 0.3 is 0 Å². The van der Waals surface area contributed by atoms with Crippen LogP contribution in [-0.2, 0) is 27.7 Å². The fraction of sp³-hybridized carbons (Fsp3) is 0.480. The van der Waals surface area contributed by atoms with Gasteiger partial charge in [-0.25, -0.2) is 8.42 Å². The number of nitrogens with zero attached hydrogens (tertiary/aromatic N) is 1. The van der Waals surface area contributed by atoms with Crippen molar-refractivity contribution in [2.45, 2.75) is 64.8 Å². The van der Waals surface area contributed by atoms with Crippen LogP contribution >= 0.6 is 11.6 Å². The van der Waals surface area contributed by atoms with E-state index in [2.05, 4.69) is 30.4 Å². The lowest BCUT2D eigenvalue weighted by molar-refractivity contribution is -0.121. The largest absolute Gasteiger partial charge is 0.349 e. The molecule has 0 bridgehead atoms. The first-order chi connectivity index (χ1) is 15.2. The Balaban J connectivity index is 1.62. The van der Waals surface area contributed by atoms with Gasteiger partial charge in [0.15, 0.2) is 0 Å². The molecule has 0 saturated carbocycles. The molecule has 7 heteroatoms. The molecule has 1 N–H and O–H groups in total. The van der Waals surface area contributed by atoms with E-state index >= 15 is 0 Å². The second-order valence-corrected chi connectivity index (χ2v) is 11.0. The number of hydrogen-bond donors (Lipinski definition) is 1. The van der Waals surface area contributed by atoms with E-state index in [1.54, 1.807) is 18.2 Å². The van der Waals surface area contributed by atoms with Gasteiger partial charge in [-0.05, 0) is 79.8 Å². The summed E-state index contributed by atoms with van der Waals surface area (Å²) in [5, 5.41) is 3.61. The highest BCUT2D eigenvalue weighted by atomic mass is 35.5. The number of carbonyl (C=O) groups is 1. The fourth-order valence-electron chi connectivity index (χ4n) is 4.36. The molecular weight excluding hydrogens is 444 g/mol. The third kappa shape index (κ3) is 6.26. The summed E-state index contributed by atoms with van der Waals surface area (Å²) in [6.45, 7) is 4.14. The third-order valence-corrected chi connectivity index (χ3v) is 7.54. The maximum atomic E-state index is 12.7. The molecule has 0 radical (unpaired) electrons. The number of sulfonamides is 1. The number of halogens is 1. The Hall–Kier alpha value is -2.05. The van der Waals surface area contributed by atoms with Crippen LogP contribution < -0.4 is 9.62 Å². The van der Waals surface area contributed by atoms with Gasteiger partial charge in [0.25, 0.3) is 0 Å². The lowest BCUT2D eigenvalue weighted by Crippen LogP contribution is -2.33. The van der Waals surface area contributed by atoms with Gasteiger partial charge in [0.05, 0.1) is 18.0 Å². The van der Waals surface area contributed by atoms with Crippen molar-refractivity contribution in [2.75, 3.05) is 17.1 Å². The lowest BCUT2D eigenvalue weighted by Gasteiger charge is -2.25. The summed E-state index contributed by atoms with van der Waals surface area (Å²) in [6, 6.07) is 11.7. The van der Waals surface area contributed by atoms with Gasteiger partial charge in [0.2, 0.25) is 15.9 Å². The molecule has 1 aliphatic rings. The van der Waals surface area contributed by atoms with Crippen LogP contribution in [0.5, 0.6) is 0 Å². The number of benzene rings is 2. The van der Waals surface area contributed by atoms with Crippen LogP contribution in [-0.4, -0.2) is 27.1 Å². The van der Waals surface area contributed by atoms with Crippen molar-refractivity contribution >= 4 is 33.2 Å². The van der Waals surface area contributed by atoms with E-state index in [0.29, 0.717) is 17.1 Å². The van der Waals surface area contributed by atoms with Crippen molar-refractivity contribution in [1.29, 1.82) is 0 Å². The van der Waals surface area contributed by atoms with E-state index in [0.717, 1.165) is 30.4 Å². The summed E-state index contributed by atoms with van der Waals surface area (Å²) >= 11 is 6.09. The standard InChI is InChI=1S/C25H33ClN2O3S/c1-4-23(21-13-12-19-8-5-6-9-20(19)16-21)27-25(29)10-7-15-28(32(3,30)31)24-17-22(26)14-11-18(24)2/h11-14,16-17,23H,4-10,15H2,1-3H3,(H,27,29)/t23-/m1/s1. The average Bonchev–Trinajstić information content (AvgIpc) is 2.76. The van der Waals surface area contributed by atoms with E-state index in [4.69, 9.17) is 11.6 Å². The van der Waals surface area contributed by atoms with Crippen molar-refractivity contribution in [3.63, 3.8) is 0 Å². The first kappa shape index (κ1) is 24.6. The number of hydrogen-bond acceptors (Lipinski definition) is 3. The third-order valence-electron chi connectivity index (χ3n) is 6.12. The highest BCUT2D eigenvalue weighted by Crippen LogP contribution is 2.28. The SMILES string of the molecule is CC[C@@H](NC(=O)CCCN(c1cc(Cl)ccc1C)S(C)(=O)=O)c1ccc2c(c1)CCCC2. The van der Waals surface area contributed by atoms with E-state index in [1.165, 1.54) is 34.5 Å². The van der Waals surface area contributed by atoms with Crippen molar-refractivity contribution in [2.24, 2.45) is 0 Å². The predicted octanol–water partition coefficient (Wildman–Crippen LogP) is 5.34. The first-order valence-electron chi connectivity index (χ1n) is 11.3. The minimum atomic E-state index is -3.49. The number of nitrogens with one attached hydrogen (secondary N) is 1. The molecule has 2 aromatic rings. The monoisotopic (exact) mass is 476 g/mol. The Labute approximate surface area is 197 Å². The van der Waals surface area contributed by atoms with Gasteiger partial charge in [-0.15, -0.1) is 0 Å². The van der Waals surface area contributed by atoms with Crippen LogP contribution in [0.4, 0.5) is 5.69 Å². The summed E-state index contributed by atoms with van der Waals surface area (Å²) in [4.78, 5) is 12.7.